The molecule has 0 saturated carbocycles. The Morgan fingerprint density at radius 1 is 1.00 bits per heavy atom. The summed E-state index contributed by atoms with van der Waals surface area (Å²) in [4.78, 5) is 32.0. The molecule has 4 rings (SSSR count). The second-order valence-electron chi connectivity index (χ2n) is 8.25. The van der Waals surface area contributed by atoms with Crippen LogP contribution >= 0.6 is 0 Å². The van der Waals surface area contributed by atoms with Crippen molar-refractivity contribution in [3.8, 4) is 11.8 Å². The largest absolute Gasteiger partial charge is 0.493 e. The first-order valence-corrected chi connectivity index (χ1v) is 11.8. The molecule has 1 atom stereocenters. The zero-order valence-corrected chi connectivity index (χ0v) is 21.0. The van der Waals surface area contributed by atoms with E-state index in [1.807, 2.05) is 18.2 Å². The highest BCUT2D eigenvalue weighted by atomic mass is 16.5. The van der Waals surface area contributed by atoms with Gasteiger partial charge in [-0.3, -0.25) is 9.88 Å². The summed E-state index contributed by atoms with van der Waals surface area (Å²) in [5.74, 6) is -2.05. The van der Waals surface area contributed by atoms with Gasteiger partial charge in [-0.25, -0.2) is 9.59 Å². The molecule has 2 aromatic carbocycles. The monoisotopic (exact) mass is 510 g/mol. The lowest BCUT2D eigenvalue weighted by atomic mass is 9.81. The number of hydrogen-bond acceptors (Lipinski definition) is 9. The Labute approximate surface area is 220 Å². The summed E-state index contributed by atoms with van der Waals surface area (Å²) in [7, 11) is 2.41. The van der Waals surface area contributed by atoms with Crippen LogP contribution in [0, 0.1) is 11.3 Å². The molecule has 2 heterocycles. The second kappa shape index (κ2) is 11.8. The standard InChI is InChI=1S/C29H26N4O5/c1-36-28(34)25-24(19-9-4-3-5-10-19)23(18-30)27(31)33(26(25)29(35)37-2)21-12-8-13-22(17-21)38-16-14-20-11-6-7-15-32-20/h3-13,15,17,24H,14,16,31H2,1-2H3. The van der Waals surface area contributed by atoms with E-state index in [1.54, 1.807) is 60.8 Å². The van der Waals surface area contributed by atoms with Gasteiger partial charge in [0.05, 0.1) is 49.6 Å². The van der Waals surface area contributed by atoms with Crippen LogP contribution in [0.25, 0.3) is 0 Å². The third kappa shape index (κ3) is 5.20. The van der Waals surface area contributed by atoms with E-state index in [1.165, 1.54) is 19.1 Å². The molecule has 9 heteroatoms. The minimum absolute atomic E-state index is 0.0139. The van der Waals surface area contributed by atoms with Crippen LogP contribution in [0.5, 0.6) is 5.75 Å². The minimum atomic E-state index is -0.934. The molecule has 1 aliphatic heterocycles. The van der Waals surface area contributed by atoms with Gasteiger partial charge >= 0.3 is 11.9 Å². The Kier molecular flexibility index (Phi) is 8.04. The van der Waals surface area contributed by atoms with Crippen molar-refractivity contribution < 1.29 is 23.8 Å². The molecule has 1 aliphatic rings. The lowest BCUT2D eigenvalue weighted by Crippen LogP contribution is -2.40. The number of ether oxygens (including phenoxy) is 3. The third-order valence-electron chi connectivity index (χ3n) is 6.04. The van der Waals surface area contributed by atoms with Crippen LogP contribution in [0.4, 0.5) is 5.69 Å². The Morgan fingerprint density at radius 3 is 2.39 bits per heavy atom. The third-order valence-corrected chi connectivity index (χ3v) is 6.04. The van der Waals surface area contributed by atoms with E-state index in [9.17, 15) is 14.9 Å². The lowest BCUT2D eigenvalue weighted by Gasteiger charge is -2.36. The molecular formula is C29H26N4O5. The molecule has 9 nitrogen and oxygen atoms in total. The van der Waals surface area contributed by atoms with E-state index in [2.05, 4.69) is 11.1 Å². The van der Waals surface area contributed by atoms with Gasteiger partial charge in [0.25, 0.3) is 0 Å². The molecule has 0 fully saturated rings. The van der Waals surface area contributed by atoms with Gasteiger partial charge in [0.15, 0.2) is 0 Å². The van der Waals surface area contributed by atoms with E-state index in [0.29, 0.717) is 30.0 Å². The van der Waals surface area contributed by atoms with Gasteiger partial charge in [0.1, 0.15) is 17.3 Å². The Bertz CT molecular complexity index is 1430. The number of carbonyl (C=O) groups excluding carboxylic acids is 2. The van der Waals surface area contributed by atoms with Crippen LogP contribution in [-0.4, -0.2) is 37.7 Å². The summed E-state index contributed by atoms with van der Waals surface area (Å²) in [6, 6.07) is 23.5. The average Bonchev–Trinajstić information content (AvgIpc) is 2.96. The quantitative estimate of drug-likeness (QED) is 0.452. The number of rotatable bonds is 8. The van der Waals surface area contributed by atoms with Crippen LogP contribution < -0.4 is 15.4 Å². The van der Waals surface area contributed by atoms with Crippen molar-refractivity contribution >= 4 is 17.6 Å². The van der Waals surface area contributed by atoms with E-state index < -0.39 is 17.9 Å². The Balaban J connectivity index is 1.81. The number of benzene rings is 2. The summed E-state index contributed by atoms with van der Waals surface area (Å²) in [5.41, 5.74) is 8.32. The van der Waals surface area contributed by atoms with Crippen molar-refractivity contribution in [1.29, 1.82) is 5.26 Å². The molecule has 0 saturated heterocycles. The number of methoxy groups -OCH3 is 2. The molecule has 1 unspecified atom stereocenters. The first-order chi connectivity index (χ1) is 18.5. The van der Waals surface area contributed by atoms with Crippen molar-refractivity contribution in [2.75, 3.05) is 25.7 Å². The van der Waals surface area contributed by atoms with Crippen LogP contribution in [0.15, 0.2) is 102 Å². The maximum Gasteiger partial charge on any atom is 0.355 e. The predicted octanol–water partition coefficient (Wildman–Crippen LogP) is 3.60. The highest BCUT2D eigenvalue weighted by Crippen LogP contribution is 2.43. The fraction of sp³-hybridized carbons (Fsp3) is 0.172. The molecule has 0 bridgehead atoms. The van der Waals surface area contributed by atoms with Crippen molar-refractivity contribution in [2.45, 2.75) is 12.3 Å². The van der Waals surface area contributed by atoms with E-state index in [-0.39, 0.29) is 22.7 Å². The van der Waals surface area contributed by atoms with Crippen molar-refractivity contribution in [3.05, 3.63) is 113 Å². The normalized spacial score (nSPS) is 15.1. The van der Waals surface area contributed by atoms with E-state index in [4.69, 9.17) is 19.9 Å². The smallest absolute Gasteiger partial charge is 0.355 e. The molecule has 3 aromatic rings. The van der Waals surface area contributed by atoms with Gasteiger partial charge in [0.2, 0.25) is 0 Å². The summed E-state index contributed by atoms with van der Waals surface area (Å²) >= 11 is 0. The zero-order valence-electron chi connectivity index (χ0n) is 21.0. The molecular weight excluding hydrogens is 484 g/mol. The number of nitriles is 1. The van der Waals surface area contributed by atoms with Gasteiger partial charge in [-0.1, -0.05) is 42.5 Å². The number of esters is 2. The van der Waals surface area contributed by atoms with E-state index in [0.717, 1.165) is 5.69 Å². The van der Waals surface area contributed by atoms with Crippen molar-refractivity contribution in [1.82, 2.24) is 4.98 Å². The summed E-state index contributed by atoms with van der Waals surface area (Å²) < 4.78 is 16.1. The first-order valence-electron chi connectivity index (χ1n) is 11.8. The number of aromatic nitrogens is 1. The first kappa shape index (κ1) is 26.0. The fourth-order valence-electron chi connectivity index (χ4n) is 4.31. The summed E-state index contributed by atoms with van der Waals surface area (Å²) in [6.45, 7) is 0.360. The topological polar surface area (TPSA) is 128 Å². The number of carbonyl (C=O) groups is 2. The van der Waals surface area contributed by atoms with Gasteiger partial charge in [-0.05, 0) is 29.8 Å². The maximum absolute atomic E-state index is 13.2. The van der Waals surface area contributed by atoms with Gasteiger partial charge in [-0.2, -0.15) is 5.26 Å². The molecule has 0 amide bonds. The van der Waals surface area contributed by atoms with Crippen LogP contribution in [0.3, 0.4) is 0 Å². The molecule has 0 spiro atoms. The van der Waals surface area contributed by atoms with Gasteiger partial charge in [-0.15, -0.1) is 0 Å². The average molecular weight is 511 g/mol. The molecule has 192 valence electrons. The molecule has 38 heavy (non-hydrogen) atoms. The van der Waals surface area contributed by atoms with Crippen LogP contribution in [-0.2, 0) is 25.5 Å². The van der Waals surface area contributed by atoms with Crippen LogP contribution in [0.1, 0.15) is 17.2 Å². The summed E-state index contributed by atoms with van der Waals surface area (Å²) in [5, 5.41) is 10.2. The zero-order chi connectivity index (χ0) is 27.1. The fourth-order valence-corrected chi connectivity index (χ4v) is 4.31. The number of hydrogen-bond donors (Lipinski definition) is 1. The van der Waals surface area contributed by atoms with Crippen molar-refractivity contribution in [2.24, 2.45) is 5.73 Å². The molecule has 0 radical (unpaired) electrons. The van der Waals surface area contributed by atoms with Gasteiger partial charge < -0.3 is 19.9 Å². The van der Waals surface area contributed by atoms with Crippen molar-refractivity contribution in [3.63, 3.8) is 0 Å². The predicted molar refractivity (Wildman–Crippen MR) is 139 cm³/mol. The lowest BCUT2D eigenvalue weighted by molar-refractivity contribution is -0.139. The number of allylic oxidation sites excluding steroid dienone is 1. The van der Waals surface area contributed by atoms with Crippen LogP contribution in [0.2, 0.25) is 0 Å². The Morgan fingerprint density at radius 2 is 1.74 bits per heavy atom. The highest BCUT2D eigenvalue weighted by Gasteiger charge is 2.43. The number of anilines is 1. The van der Waals surface area contributed by atoms with E-state index >= 15 is 0 Å². The SMILES string of the molecule is COC(=O)C1=C(C(=O)OC)N(c2cccc(OCCc3ccccn3)c2)C(N)=C(C#N)C1c1ccccc1. The highest BCUT2D eigenvalue weighted by molar-refractivity contribution is 6.06. The second-order valence-corrected chi connectivity index (χ2v) is 8.25. The molecule has 2 N–H and O–H groups in total. The minimum Gasteiger partial charge on any atom is -0.493 e. The number of nitrogens with zero attached hydrogens (tertiary/aromatic N) is 3. The Hall–Kier alpha value is -5.10. The van der Waals surface area contributed by atoms with Gasteiger partial charge in [0, 0.05) is 24.4 Å². The molecule has 0 aliphatic carbocycles. The number of pyridine rings is 1. The summed E-state index contributed by atoms with van der Waals surface area (Å²) in [6.07, 6.45) is 2.31. The number of nitrogens with two attached hydrogens (primary N) is 1. The maximum atomic E-state index is 13.2. The molecule has 1 aromatic heterocycles.